The summed E-state index contributed by atoms with van der Waals surface area (Å²) in [5.74, 6) is 0.284. The molecule has 1 aromatic rings. The molecule has 1 aromatic carbocycles. The summed E-state index contributed by atoms with van der Waals surface area (Å²) in [6, 6.07) is 7.40. The van der Waals surface area contributed by atoms with Crippen LogP contribution in [0, 0.1) is 5.92 Å². The number of nitrogens with one attached hydrogen (secondary N) is 1. The van der Waals surface area contributed by atoms with Gasteiger partial charge < -0.3 is 14.8 Å². The molecule has 0 aromatic heterocycles. The molecule has 0 spiro atoms. The maximum Gasteiger partial charge on any atom is 0.338 e. The average Bonchev–Trinajstić information content (AvgIpc) is 2.92. The Bertz CT molecular complexity index is 400. The minimum absolute atomic E-state index is 0.309. The Morgan fingerprint density at radius 1 is 1.44 bits per heavy atom. The van der Waals surface area contributed by atoms with Gasteiger partial charge in [-0.15, -0.1) is 0 Å². The molecule has 1 aliphatic heterocycles. The van der Waals surface area contributed by atoms with Crippen molar-refractivity contribution in [2.24, 2.45) is 5.92 Å². The number of ether oxygens (including phenoxy) is 2. The Kier molecular flexibility index (Phi) is 4.73. The topological polar surface area (TPSA) is 47.6 Å². The van der Waals surface area contributed by atoms with Crippen molar-refractivity contribution >= 4 is 5.97 Å². The van der Waals surface area contributed by atoms with Crippen LogP contribution in [0.4, 0.5) is 0 Å². The van der Waals surface area contributed by atoms with E-state index in [0.29, 0.717) is 18.1 Å². The highest BCUT2D eigenvalue weighted by atomic mass is 16.5. The van der Waals surface area contributed by atoms with Crippen LogP contribution in [0.15, 0.2) is 24.3 Å². The van der Waals surface area contributed by atoms with E-state index in [1.54, 1.807) is 6.07 Å². The Hall–Kier alpha value is -1.39. The van der Waals surface area contributed by atoms with Crippen molar-refractivity contribution in [2.75, 3.05) is 26.8 Å². The Morgan fingerprint density at radius 3 is 3.00 bits per heavy atom. The quantitative estimate of drug-likeness (QED) is 0.805. The molecule has 0 amide bonds. The van der Waals surface area contributed by atoms with Gasteiger partial charge in [-0.05, 0) is 30.5 Å². The number of methoxy groups -OCH3 is 1. The molecule has 4 heteroatoms. The SMILES string of the molecule is COC(=O)c1ccccc1COC[C@H]1CCNC1. The van der Waals surface area contributed by atoms with Crippen LogP contribution in [0.25, 0.3) is 0 Å². The number of esters is 1. The highest BCUT2D eigenvalue weighted by Crippen LogP contribution is 2.13. The summed E-state index contributed by atoms with van der Waals surface area (Å²) in [5, 5.41) is 3.31. The van der Waals surface area contributed by atoms with Gasteiger partial charge in [-0.3, -0.25) is 0 Å². The highest BCUT2D eigenvalue weighted by Gasteiger charge is 2.15. The zero-order valence-corrected chi connectivity index (χ0v) is 10.6. The van der Waals surface area contributed by atoms with Crippen LogP contribution in [0.3, 0.4) is 0 Å². The molecule has 1 heterocycles. The fourth-order valence-electron chi connectivity index (χ4n) is 2.15. The first-order chi connectivity index (χ1) is 8.81. The van der Waals surface area contributed by atoms with Crippen LogP contribution in [0.1, 0.15) is 22.3 Å². The van der Waals surface area contributed by atoms with Gasteiger partial charge in [-0.1, -0.05) is 18.2 Å². The van der Waals surface area contributed by atoms with Gasteiger partial charge in [0, 0.05) is 6.54 Å². The summed E-state index contributed by atoms with van der Waals surface area (Å²) in [6.07, 6.45) is 1.17. The van der Waals surface area contributed by atoms with Gasteiger partial charge in [0.1, 0.15) is 0 Å². The molecule has 0 saturated carbocycles. The molecule has 1 atom stereocenters. The minimum Gasteiger partial charge on any atom is -0.465 e. The normalized spacial score (nSPS) is 18.8. The van der Waals surface area contributed by atoms with Crippen molar-refractivity contribution < 1.29 is 14.3 Å². The summed E-state index contributed by atoms with van der Waals surface area (Å²) >= 11 is 0. The number of benzene rings is 1. The van der Waals surface area contributed by atoms with Crippen LogP contribution in [-0.2, 0) is 16.1 Å². The molecule has 1 aliphatic rings. The number of carbonyl (C=O) groups excluding carboxylic acids is 1. The molecule has 18 heavy (non-hydrogen) atoms. The van der Waals surface area contributed by atoms with Crippen molar-refractivity contribution in [3.63, 3.8) is 0 Å². The summed E-state index contributed by atoms with van der Waals surface area (Å²) in [6.45, 7) is 3.30. The zero-order valence-electron chi connectivity index (χ0n) is 10.6. The standard InChI is InChI=1S/C14H19NO3/c1-17-14(16)13-5-3-2-4-12(13)10-18-9-11-6-7-15-8-11/h2-5,11,15H,6-10H2,1H3/t11-/m0/s1. The smallest absolute Gasteiger partial charge is 0.338 e. The van der Waals surface area contributed by atoms with E-state index in [2.05, 4.69) is 5.32 Å². The Labute approximate surface area is 107 Å². The molecule has 2 rings (SSSR count). The van der Waals surface area contributed by atoms with Gasteiger partial charge in [-0.25, -0.2) is 4.79 Å². The first kappa shape index (κ1) is 13.1. The monoisotopic (exact) mass is 249 g/mol. The largest absolute Gasteiger partial charge is 0.465 e. The van der Waals surface area contributed by atoms with Crippen molar-refractivity contribution in [1.82, 2.24) is 5.32 Å². The fourth-order valence-corrected chi connectivity index (χ4v) is 2.15. The van der Waals surface area contributed by atoms with E-state index in [1.165, 1.54) is 13.5 Å². The van der Waals surface area contributed by atoms with Crippen molar-refractivity contribution in [1.29, 1.82) is 0 Å². The molecule has 0 aliphatic carbocycles. The fraction of sp³-hybridized carbons (Fsp3) is 0.500. The van der Waals surface area contributed by atoms with E-state index in [-0.39, 0.29) is 5.97 Å². The van der Waals surface area contributed by atoms with E-state index in [9.17, 15) is 4.79 Å². The number of hydrogen-bond acceptors (Lipinski definition) is 4. The van der Waals surface area contributed by atoms with Crippen molar-refractivity contribution in [3.05, 3.63) is 35.4 Å². The van der Waals surface area contributed by atoms with E-state index >= 15 is 0 Å². The van der Waals surface area contributed by atoms with E-state index in [4.69, 9.17) is 9.47 Å². The lowest BCUT2D eigenvalue weighted by Crippen LogP contribution is -2.14. The van der Waals surface area contributed by atoms with Gasteiger partial charge >= 0.3 is 5.97 Å². The van der Waals surface area contributed by atoms with Crippen LogP contribution in [-0.4, -0.2) is 32.8 Å². The number of rotatable bonds is 5. The van der Waals surface area contributed by atoms with Gasteiger partial charge in [0.25, 0.3) is 0 Å². The lowest BCUT2D eigenvalue weighted by Gasteiger charge is -2.11. The molecule has 0 radical (unpaired) electrons. The Balaban J connectivity index is 1.89. The van der Waals surface area contributed by atoms with Crippen LogP contribution in [0.5, 0.6) is 0 Å². The lowest BCUT2D eigenvalue weighted by atomic mass is 10.1. The molecule has 98 valence electrons. The van der Waals surface area contributed by atoms with Crippen LogP contribution >= 0.6 is 0 Å². The summed E-state index contributed by atoms with van der Waals surface area (Å²) in [7, 11) is 1.39. The second kappa shape index (κ2) is 6.52. The number of hydrogen-bond donors (Lipinski definition) is 1. The first-order valence-corrected chi connectivity index (χ1v) is 6.26. The predicted molar refractivity (Wildman–Crippen MR) is 68.4 cm³/mol. The van der Waals surface area contributed by atoms with Crippen molar-refractivity contribution in [2.45, 2.75) is 13.0 Å². The first-order valence-electron chi connectivity index (χ1n) is 6.26. The Morgan fingerprint density at radius 2 is 2.28 bits per heavy atom. The predicted octanol–water partition coefficient (Wildman–Crippen LogP) is 1.60. The van der Waals surface area contributed by atoms with Gasteiger partial charge in [0.05, 0.1) is 25.9 Å². The maximum absolute atomic E-state index is 11.6. The van der Waals surface area contributed by atoms with Crippen LogP contribution < -0.4 is 5.32 Å². The molecule has 0 unspecified atom stereocenters. The summed E-state index contributed by atoms with van der Waals surface area (Å²) in [4.78, 5) is 11.6. The summed E-state index contributed by atoms with van der Waals surface area (Å²) in [5.41, 5.74) is 1.47. The molecular formula is C14H19NO3. The highest BCUT2D eigenvalue weighted by molar-refractivity contribution is 5.90. The molecule has 0 bridgehead atoms. The van der Waals surface area contributed by atoms with Gasteiger partial charge in [-0.2, -0.15) is 0 Å². The third-order valence-corrected chi connectivity index (χ3v) is 3.20. The molecular weight excluding hydrogens is 230 g/mol. The lowest BCUT2D eigenvalue weighted by molar-refractivity contribution is 0.0587. The van der Waals surface area contributed by atoms with Gasteiger partial charge in [0.2, 0.25) is 0 Å². The molecule has 1 saturated heterocycles. The van der Waals surface area contributed by atoms with E-state index < -0.39 is 0 Å². The molecule has 4 nitrogen and oxygen atoms in total. The summed E-state index contributed by atoms with van der Waals surface area (Å²) < 4.78 is 10.4. The van der Waals surface area contributed by atoms with Crippen LogP contribution in [0.2, 0.25) is 0 Å². The van der Waals surface area contributed by atoms with Gasteiger partial charge in [0.15, 0.2) is 0 Å². The molecule has 1 N–H and O–H groups in total. The molecule has 1 fully saturated rings. The average molecular weight is 249 g/mol. The zero-order chi connectivity index (χ0) is 12.8. The second-order valence-corrected chi connectivity index (χ2v) is 4.52. The van der Waals surface area contributed by atoms with E-state index in [1.807, 2.05) is 18.2 Å². The van der Waals surface area contributed by atoms with E-state index in [0.717, 1.165) is 25.3 Å². The maximum atomic E-state index is 11.6. The third kappa shape index (κ3) is 3.31. The number of carbonyl (C=O) groups is 1. The second-order valence-electron chi connectivity index (χ2n) is 4.52. The minimum atomic E-state index is -0.309. The van der Waals surface area contributed by atoms with Crippen molar-refractivity contribution in [3.8, 4) is 0 Å². The third-order valence-electron chi connectivity index (χ3n) is 3.20.